The van der Waals surface area contributed by atoms with Gasteiger partial charge in [0.25, 0.3) is 0 Å². The summed E-state index contributed by atoms with van der Waals surface area (Å²) in [6.45, 7) is 8.17. The average Bonchev–Trinajstić information content (AvgIpc) is 3.53. The molecule has 0 saturated carbocycles. The van der Waals surface area contributed by atoms with E-state index in [-0.39, 0.29) is 42.1 Å². The van der Waals surface area contributed by atoms with Crippen molar-refractivity contribution in [2.24, 2.45) is 5.41 Å². The Morgan fingerprint density at radius 2 is 1.89 bits per heavy atom. The van der Waals surface area contributed by atoms with E-state index < -0.39 is 40.2 Å². The van der Waals surface area contributed by atoms with Gasteiger partial charge >= 0.3 is 0 Å². The van der Waals surface area contributed by atoms with Crippen LogP contribution in [0.15, 0.2) is 30.6 Å². The van der Waals surface area contributed by atoms with Gasteiger partial charge in [0.05, 0.1) is 29.9 Å². The molecule has 0 aliphatic carbocycles. The minimum Gasteiger partial charge on any atom is -0.491 e. The van der Waals surface area contributed by atoms with Gasteiger partial charge in [0, 0.05) is 37.1 Å². The van der Waals surface area contributed by atoms with Crippen molar-refractivity contribution >= 4 is 51.6 Å². The second kappa shape index (κ2) is 15.3. The van der Waals surface area contributed by atoms with Crippen molar-refractivity contribution in [3.8, 4) is 5.75 Å². The maximum Gasteiger partial charge on any atom is 0.246 e. The van der Waals surface area contributed by atoms with Crippen LogP contribution in [0.4, 0.5) is 20.3 Å². The van der Waals surface area contributed by atoms with Crippen LogP contribution < -0.4 is 20.7 Å². The fraction of sp³-hybridized carbons (Fsp3) is 0.485. The first-order chi connectivity index (χ1) is 22.3. The molecular formula is C33H41ClF2N6O5. The van der Waals surface area contributed by atoms with Crippen LogP contribution in [0.25, 0.3) is 10.9 Å². The van der Waals surface area contributed by atoms with E-state index in [1.807, 2.05) is 20.8 Å². The van der Waals surface area contributed by atoms with Gasteiger partial charge in [-0.3, -0.25) is 14.4 Å². The third-order valence-electron chi connectivity index (χ3n) is 8.15. The number of likely N-dealkylation sites (tertiary alicyclic amines) is 1. The first-order valence-corrected chi connectivity index (χ1v) is 15.7. The zero-order valence-corrected chi connectivity index (χ0v) is 28.1. The van der Waals surface area contributed by atoms with Crippen molar-refractivity contribution in [3.63, 3.8) is 0 Å². The summed E-state index contributed by atoms with van der Waals surface area (Å²) in [6.07, 6.45) is 2.28. The normalized spacial score (nSPS) is 16.2. The molecule has 0 bridgehead atoms. The molecule has 1 aromatic heterocycles. The molecule has 254 valence electrons. The number of anilines is 2. The summed E-state index contributed by atoms with van der Waals surface area (Å²) in [4.78, 5) is 50.8. The van der Waals surface area contributed by atoms with Crippen molar-refractivity contribution in [3.05, 3.63) is 52.8 Å². The maximum absolute atomic E-state index is 14.8. The van der Waals surface area contributed by atoms with E-state index >= 15 is 0 Å². The minimum absolute atomic E-state index is 0.0961. The van der Waals surface area contributed by atoms with Crippen LogP contribution in [-0.4, -0.2) is 84.5 Å². The Balaban J connectivity index is 1.66. The van der Waals surface area contributed by atoms with Crippen LogP contribution in [0.5, 0.6) is 5.75 Å². The molecule has 3 aromatic rings. The number of Topliss-reactive ketones (excluding diaryl/α,β-unsaturated/α-hetero) is 1. The number of ketones is 1. The third-order valence-corrected chi connectivity index (χ3v) is 8.50. The average molecular weight is 675 g/mol. The largest absolute Gasteiger partial charge is 0.491 e. The van der Waals surface area contributed by atoms with E-state index in [1.54, 1.807) is 38.1 Å². The van der Waals surface area contributed by atoms with Crippen LogP contribution in [0.3, 0.4) is 0 Å². The molecule has 47 heavy (non-hydrogen) atoms. The standard InChI is InChI=1S/C33H41ClF2N6O5/c1-18(37-5)31(44)41-29(33(2,3)4)32(45)42-11-7-8-24(42)25(43)15-19-14-20-23(16-26(19)47-13-12-46-6)38-17-39-30(20)40-22-10-9-21(35)27(34)28(22)36/h9-10,14,16-18,24,29,37H,7-8,11-13,15H2,1-6H3,(H,41,44)(H,38,39,40)/t18-,24-,29+/m0/s1. The van der Waals surface area contributed by atoms with Crippen molar-refractivity contribution < 1.29 is 32.6 Å². The molecule has 14 heteroatoms. The van der Waals surface area contributed by atoms with Crippen LogP contribution >= 0.6 is 11.6 Å². The molecule has 2 aromatic carbocycles. The number of halogens is 3. The molecule has 11 nitrogen and oxygen atoms in total. The Morgan fingerprint density at radius 3 is 2.57 bits per heavy atom. The van der Waals surface area contributed by atoms with Gasteiger partial charge in [-0.25, -0.2) is 18.7 Å². The number of hydrogen-bond donors (Lipinski definition) is 3. The van der Waals surface area contributed by atoms with Crippen LogP contribution in [-0.2, 0) is 25.5 Å². The summed E-state index contributed by atoms with van der Waals surface area (Å²) in [5.74, 6) is -2.14. The van der Waals surface area contributed by atoms with Crippen LogP contribution in [0, 0.1) is 17.0 Å². The number of aromatic nitrogens is 2. The Morgan fingerprint density at radius 1 is 1.15 bits per heavy atom. The Bertz CT molecular complexity index is 1640. The van der Waals surface area contributed by atoms with Crippen LogP contribution in [0.1, 0.15) is 46.1 Å². The SMILES string of the molecule is CN[C@@H](C)C(=O)N[C@H](C(=O)N1CCC[C@H]1C(=O)Cc1cc2c(Nc3ccc(F)c(Cl)c3F)ncnc2cc1OCCOC)C(C)(C)C. The summed E-state index contributed by atoms with van der Waals surface area (Å²) in [7, 11) is 3.20. The predicted octanol–water partition coefficient (Wildman–Crippen LogP) is 4.57. The van der Waals surface area contributed by atoms with Gasteiger partial charge in [0.1, 0.15) is 41.4 Å². The van der Waals surface area contributed by atoms with Gasteiger partial charge in [-0.1, -0.05) is 32.4 Å². The minimum atomic E-state index is -0.982. The molecule has 1 aliphatic rings. The zero-order chi connectivity index (χ0) is 34.5. The number of carbonyl (C=O) groups is 3. The van der Waals surface area contributed by atoms with E-state index in [4.69, 9.17) is 21.1 Å². The lowest BCUT2D eigenvalue weighted by atomic mass is 9.85. The molecule has 1 aliphatic heterocycles. The summed E-state index contributed by atoms with van der Waals surface area (Å²) >= 11 is 5.78. The number of hydrogen-bond acceptors (Lipinski definition) is 9. The fourth-order valence-corrected chi connectivity index (χ4v) is 5.53. The predicted molar refractivity (Wildman–Crippen MR) is 175 cm³/mol. The number of rotatable bonds is 13. The molecule has 0 unspecified atom stereocenters. The highest BCUT2D eigenvalue weighted by Gasteiger charge is 2.42. The molecule has 0 spiro atoms. The van der Waals surface area contributed by atoms with E-state index in [2.05, 4.69) is 25.9 Å². The Hall–Kier alpha value is -3.94. The summed E-state index contributed by atoms with van der Waals surface area (Å²) in [6, 6.07) is 3.50. The lowest BCUT2D eigenvalue weighted by Gasteiger charge is -2.36. The Labute approximate surface area is 277 Å². The van der Waals surface area contributed by atoms with E-state index in [1.165, 1.54) is 12.4 Å². The molecule has 2 heterocycles. The first kappa shape index (κ1) is 35.9. The summed E-state index contributed by atoms with van der Waals surface area (Å²) < 4.78 is 39.6. The van der Waals surface area contributed by atoms with Crippen LogP contribution in [0.2, 0.25) is 5.02 Å². The zero-order valence-electron chi connectivity index (χ0n) is 27.4. The highest BCUT2D eigenvalue weighted by atomic mass is 35.5. The molecule has 1 saturated heterocycles. The van der Waals surface area contributed by atoms with Gasteiger partial charge in [-0.15, -0.1) is 0 Å². The van der Waals surface area contributed by atoms with Crippen molar-refractivity contribution in [2.75, 3.05) is 39.2 Å². The van der Waals surface area contributed by atoms with Gasteiger partial charge in [0.15, 0.2) is 11.6 Å². The Kier molecular flexibility index (Phi) is 11.7. The molecule has 0 radical (unpaired) electrons. The van der Waals surface area contributed by atoms with Gasteiger partial charge in [0.2, 0.25) is 11.8 Å². The molecular weight excluding hydrogens is 634 g/mol. The smallest absolute Gasteiger partial charge is 0.246 e. The highest BCUT2D eigenvalue weighted by Crippen LogP contribution is 2.34. The van der Waals surface area contributed by atoms with Gasteiger partial charge in [-0.05, 0) is 50.4 Å². The van der Waals surface area contributed by atoms with Gasteiger partial charge < -0.3 is 30.3 Å². The number of likely N-dealkylation sites (N-methyl/N-ethyl adjacent to an activating group) is 1. The maximum atomic E-state index is 14.8. The molecule has 1 fully saturated rings. The number of carbonyl (C=O) groups excluding carboxylic acids is 3. The molecule has 4 rings (SSSR count). The van der Waals surface area contributed by atoms with Crippen molar-refractivity contribution in [1.82, 2.24) is 25.5 Å². The number of amides is 2. The summed E-state index contributed by atoms with van der Waals surface area (Å²) in [5, 5.41) is 8.40. The number of fused-ring (bicyclic) bond motifs is 1. The van der Waals surface area contributed by atoms with Crippen molar-refractivity contribution in [1.29, 1.82) is 0 Å². The van der Waals surface area contributed by atoms with Gasteiger partial charge in [-0.2, -0.15) is 0 Å². The van der Waals surface area contributed by atoms with E-state index in [9.17, 15) is 23.2 Å². The fourth-order valence-electron chi connectivity index (χ4n) is 5.37. The van der Waals surface area contributed by atoms with E-state index in [0.29, 0.717) is 48.2 Å². The monoisotopic (exact) mass is 674 g/mol. The number of benzene rings is 2. The van der Waals surface area contributed by atoms with Crippen molar-refractivity contribution in [2.45, 2.75) is 65.1 Å². The second-order valence-electron chi connectivity index (χ2n) is 12.5. The molecule has 3 atom stereocenters. The highest BCUT2D eigenvalue weighted by molar-refractivity contribution is 6.31. The lowest BCUT2D eigenvalue weighted by molar-refractivity contribution is -0.143. The molecule has 3 N–H and O–H groups in total. The van der Waals surface area contributed by atoms with E-state index in [0.717, 1.165) is 6.07 Å². The second-order valence-corrected chi connectivity index (χ2v) is 12.9. The number of ether oxygens (including phenoxy) is 2. The lowest BCUT2D eigenvalue weighted by Crippen LogP contribution is -2.58. The number of nitrogens with one attached hydrogen (secondary N) is 3. The topological polar surface area (TPSA) is 135 Å². The number of methoxy groups -OCH3 is 1. The summed E-state index contributed by atoms with van der Waals surface area (Å²) in [5.41, 5.74) is 0.224. The first-order valence-electron chi connectivity index (χ1n) is 15.4. The molecule has 2 amide bonds. The third kappa shape index (κ3) is 8.32. The quantitative estimate of drug-likeness (QED) is 0.176. The number of nitrogens with zero attached hydrogens (tertiary/aromatic N) is 3.